The van der Waals surface area contributed by atoms with Gasteiger partial charge in [0.2, 0.25) is 11.0 Å². The fourth-order valence-electron chi connectivity index (χ4n) is 2.77. The van der Waals surface area contributed by atoms with Gasteiger partial charge < -0.3 is 10.6 Å². The number of anilines is 2. The lowest BCUT2D eigenvalue weighted by Crippen LogP contribution is -2.49. The maximum absolute atomic E-state index is 12.9. The van der Waals surface area contributed by atoms with Gasteiger partial charge in [-0.3, -0.25) is 10.1 Å². The molecule has 3 N–H and O–H groups in total. The van der Waals surface area contributed by atoms with E-state index in [1.54, 1.807) is 24.3 Å². The number of urea groups is 1. The van der Waals surface area contributed by atoms with Crippen LogP contribution in [0.15, 0.2) is 53.0 Å². The number of rotatable bonds is 7. The van der Waals surface area contributed by atoms with Crippen molar-refractivity contribution in [3.8, 4) is 10.6 Å². The van der Waals surface area contributed by atoms with Gasteiger partial charge in [-0.15, -0.1) is 10.2 Å². The number of nitrogens with zero attached hydrogens (tertiary/aromatic N) is 2. The van der Waals surface area contributed by atoms with Crippen molar-refractivity contribution in [2.24, 2.45) is 5.92 Å². The zero-order chi connectivity index (χ0) is 22.4. The van der Waals surface area contributed by atoms with Crippen LogP contribution >= 0.6 is 38.9 Å². The van der Waals surface area contributed by atoms with Gasteiger partial charge in [0.1, 0.15) is 11.0 Å². The van der Waals surface area contributed by atoms with E-state index in [2.05, 4.69) is 42.1 Å². The first-order valence-corrected chi connectivity index (χ1v) is 11.6. The molecule has 2 atom stereocenters. The number of nitrogens with one attached hydrogen (secondary N) is 3. The highest BCUT2D eigenvalue weighted by molar-refractivity contribution is 9.10. The number of carbonyl (C=O) groups excluding carboxylic acids is 2. The highest BCUT2D eigenvalue weighted by atomic mass is 79.9. The molecule has 1 heterocycles. The first-order chi connectivity index (χ1) is 14.9. The molecule has 1 aromatic heterocycles. The van der Waals surface area contributed by atoms with E-state index in [4.69, 9.17) is 11.6 Å². The Bertz CT molecular complexity index is 1080. The van der Waals surface area contributed by atoms with Gasteiger partial charge in [-0.25, -0.2) is 4.79 Å². The first kappa shape index (κ1) is 23.2. The van der Waals surface area contributed by atoms with E-state index in [1.165, 1.54) is 11.3 Å². The van der Waals surface area contributed by atoms with Crippen LogP contribution < -0.4 is 16.0 Å². The largest absolute Gasteiger partial charge is 0.326 e. The number of halogens is 2. The van der Waals surface area contributed by atoms with Gasteiger partial charge in [-0.2, -0.15) is 0 Å². The minimum atomic E-state index is -0.740. The lowest BCUT2D eigenvalue weighted by molar-refractivity contribution is -0.119. The Morgan fingerprint density at radius 2 is 1.90 bits per heavy atom. The number of carbonyl (C=O) groups is 2. The topological polar surface area (TPSA) is 96.0 Å². The predicted octanol–water partition coefficient (Wildman–Crippen LogP) is 5.80. The second-order valence-electron chi connectivity index (χ2n) is 6.88. The maximum atomic E-state index is 12.9. The zero-order valence-electron chi connectivity index (χ0n) is 16.9. The average molecular weight is 523 g/mol. The molecule has 0 spiro atoms. The van der Waals surface area contributed by atoms with E-state index in [-0.39, 0.29) is 11.8 Å². The molecule has 0 aliphatic rings. The second kappa shape index (κ2) is 10.7. The summed E-state index contributed by atoms with van der Waals surface area (Å²) in [6.45, 7) is 3.86. The van der Waals surface area contributed by atoms with Gasteiger partial charge in [0, 0.05) is 20.7 Å². The Balaban J connectivity index is 1.68. The standard InChI is InChI=1S/C21H21BrClN5O2S/c1-3-12(2)17(25-20(30)24-16-9-5-7-14(22)11-16)18(29)26-21-28-27-19(31-21)13-6-4-8-15(23)10-13/h4-12,17H,3H2,1-2H3,(H2,24,25,30)(H,26,28,29)/t12-,17-/m0/s1. The average Bonchev–Trinajstić information content (AvgIpc) is 3.20. The molecule has 7 nitrogen and oxygen atoms in total. The second-order valence-corrected chi connectivity index (χ2v) is 9.21. The summed E-state index contributed by atoms with van der Waals surface area (Å²) in [6.07, 6.45) is 0.707. The van der Waals surface area contributed by atoms with Crippen molar-refractivity contribution in [2.75, 3.05) is 10.6 Å². The highest BCUT2D eigenvalue weighted by Crippen LogP contribution is 2.28. The van der Waals surface area contributed by atoms with Crippen molar-refractivity contribution in [1.29, 1.82) is 0 Å². The normalized spacial score (nSPS) is 12.6. The van der Waals surface area contributed by atoms with Gasteiger partial charge in [0.05, 0.1) is 0 Å². The molecule has 31 heavy (non-hydrogen) atoms. The zero-order valence-corrected chi connectivity index (χ0v) is 20.0. The summed E-state index contributed by atoms with van der Waals surface area (Å²) in [5.74, 6) is -0.443. The molecule has 0 unspecified atom stereocenters. The third-order valence-electron chi connectivity index (χ3n) is 4.59. The van der Waals surface area contributed by atoms with E-state index in [1.807, 2.05) is 38.1 Å². The summed E-state index contributed by atoms with van der Waals surface area (Å²) in [4.78, 5) is 25.4. The van der Waals surface area contributed by atoms with Crippen LogP contribution in [-0.2, 0) is 4.79 Å². The summed E-state index contributed by atoms with van der Waals surface area (Å²) < 4.78 is 0.841. The predicted molar refractivity (Wildman–Crippen MR) is 129 cm³/mol. The molecule has 3 amide bonds. The van der Waals surface area contributed by atoms with Crippen LogP contribution in [0.25, 0.3) is 10.6 Å². The van der Waals surface area contributed by atoms with E-state index in [0.29, 0.717) is 27.3 Å². The van der Waals surface area contributed by atoms with Crippen molar-refractivity contribution >= 4 is 61.6 Å². The molecule has 162 valence electrons. The maximum Gasteiger partial charge on any atom is 0.319 e. The smallest absolute Gasteiger partial charge is 0.319 e. The summed E-state index contributed by atoms with van der Waals surface area (Å²) in [7, 11) is 0. The third-order valence-corrected chi connectivity index (χ3v) is 6.21. The molecule has 2 aromatic carbocycles. The van der Waals surface area contributed by atoms with Crippen LogP contribution in [0.1, 0.15) is 20.3 Å². The van der Waals surface area contributed by atoms with Crippen LogP contribution in [0.5, 0.6) is 0 Å². The van der Waals surface area contributed by atoms with Crippen molar-refractivity contribution in [3.05, 3.63) is 58.0 Å². The Kier molecular flexibility index (Phi) is 8.00. The van der Waals surface area contributed by atoms with Crippen molar-refractivity contribution in [3.63, 3.8) is 0 Å². The molecule has 0 aliphatic heterocycles. The van der Waals surface area contributed by atoms with Crippen molar-refractivity contribution in [2.45, 2.75) is 26.3 Å². The Hall–Kier alpha value is -2.49. The van der Waals surface area contributed by atoms with E-state index in [9.17, 15) is 9.59 Å². The fourth-order valence-corrected chi connectivity index (χ4v) is 4.10. The molecule has 3 aromatic rings. The van der Waals surface area contributed by atoms with Gasteiger partial charge in [0.15, 0.2) is 0 Å². The Labute approximate surface area is 197 Å². The first-order valence-electron chi connectivity index (χ1n) is 9.59. The van der Waals surface area contributed by atoms with Crippen LogP contribution in [-0.4, -0.2) is 28.2 Å². The minimum absolute atomic E-state index is 0.0893. The molecule has 3 rings (SSSR count). The number of hydrogen-bond acceptors (Lipinski definition) is 5. The van der Waals surface area contributed by atoms with E-state index < -0.39 is 12.1 Å². The summed E-state index contributed by atoms with van der Waals surface area (Å²) in [5.41, 5.74) is 1.43. The molecule has 0 aliphatic carbocycles. The lowest BCUT2D eigenvalue weighted by Gasteiger charge is -2.23. The van der Waals surface area contributed by atoms with Crippen LogP contribution in [0.4, 0.5) is 15.6 Å². The highest BCUT2D eigenvalue weighted by Gasteiger charge is 2.27. The van der Waals surface area contributed by atoms with Crippen LogP contribution in [0, 0.1) is 5.92 Å². The molecule has 10 heteroatoms. The Morgan fingerprint density at radius 1 is 1.13 bits per heavy atom. The summed E-state index contributed by atoms with van der Waals surface area (Å²) in [5, 5.41) is 18.0. The van der Waals surface area contributed by atoms with Crippen molar-refractivity contribution in [1.82, 2.24) is 15.5 Å². The number of aromatic nitrogens is 2. The SMILES string of the molecule is CC[C@H](C)[C@H](NC(=O)Nc1cccc(Br)c1)C(=O)Nc1nnc(-c2cccc(Cl)c2)s1. The molecule has 0 fully saturated rings. The third kappa shape index (κ3) is 6.49. The van der Waals surface area contributed by atoms with E-state index in [0.717, 1.165) is 10.0 Å². The van der Waals surface area contributed by atoms with Gasteiger partial charge in [-0.1, -0.05) is 77.3 Å². The number of amides is 3. The molecular formula is C21H21BrClN5O2S. The van der Waals surface area contributed by atoms with Crippen LogP contribution in [0.2, 0.25) is 5.02 Å². The molecular weight excluding hydrogens is 502 g/mol. The summed E-state index contributed by atoms with van der Waals surface area (Å²) >= 11 is 10.6. The molecule has 0 bridgehead atoms. The quantitative estimate of drug-likeness (QED) is 0.366. The summed E-state index contributed by atoms with van der Waals surface area (Å²) in [6, 6.07) is 13.3. The van der Waals surface area contributed by atoms with Gasteiger partial charge in [-0.05, 0) is 36.2 Å². The molecule has 0 saturated heterocycles. The van der Waals surface area contributed by atoms with Gasteiger partial charge >= 0.3 is 6.03 Å². The monoisotopic (exact) mass is 521 g/mol. The number of hydrogen-bond donors (Lipinski definition) is 3. The number of benzene rings is 2. The lowest BCUT2D eigenvalue weighted by atomic mass is 9.98. The Morgan fingerprint density at radius 3 is 2.61 bits per heavy atom. The van der Waals surface area contributed by atoms with E-state index >= 15 is 0 Å². The van der Waals surface area contributed by atoms with Crippen molar-refractivity contribution < 1.29 is 9.59 Å². The fraction of sp³-hybridized carbons (Fsp3) is 0.238. The molecule has 0 radical (unpaired) electrons. The van der Waals surface area contributed by atoms with Crippen LogP contribution in [0.3, 0.4) is 0 Å². The minimum Gasteiger partial charge on any atom is -0.326 e. The van der Waals surface area contributed by atoms with Gasteiger partial charge in [0.25, 0.3) is 0 Å². The molecule has 0 saturated carbocycles.